The van der Waals surface area contributed by atoms with Crippen LogP contribution in [0.5, 0.6) is 0 Å². The number of benzene rings is 1. The summed E-state index contributed by atoms with van der Waals surface area (Å²) in [5.74, 6) is -2.91. The Kier molecular flexibility index (Phi) is 5.76. The average molecular weight is 480 g/mol. The second-order valence-corrected chi connectivity index (χ2v) is 9.15. The summed E-state index contributed by atoms with van der Waals surface area (Å²) in [6.07, 6.45) is 7.00. The molecule has 3 rings (SSSR count). The van der Waals surface area contributed by atoms with E-state index in [0.29, 0.717) is 9.49 Å². The van der Waals surface area contributed by atoms with E-state index in [1.807, 2.05) is 28.7 Å². The SMILES string of the molecule is CCCC1CCC(c2cc(F)c(C3=CC(C)(F)C(F)(F)C3)c(I)c2)CC1. The van der Waals surface area contributed by atoms with Gasteiger partial charge in [0.25, 0.3) is 5.92 Å². The molecule has 0 heterocycles. The molecule has 0 bridgehead atoms. The van der Waals surface area contributed by atoms with Gasteiger partial charge in [-0.05, 0) is 96.4 Å². The van der Waals surface area contributed by atoms with Crippen molar-refractivity contribution >= 4 is 28.2 Å². The maximum Gasteiger partial charge on any atom is 0.288 e. The van der Waals surface area contributed by atoms with Gasteiger partial charge in [0.2, 0.25) is 0 Å². The lowest BCUT2D eigenvalue weighted by Gasteiger charge is -2.29. The van der Waals surface area contributed by atoms with Gasteiger partial charge < -0.3 is 0 Å². The Balaban J connectivity index is 1.82. The maximum atomic E-state index is 14.8. The van der Waals surface area contributed by atoms with Crippen LogP contribution in [-0.4, -0.2) is 11.6 Å². The first-order valence-corrected chi connectivity index (χ1v) is 10.5. The van der Waals surface area contributed by atoms with Crippen LogP contribution in [0.2, 0.25) is 0 Å². The molecule has 1 unspecified atom stereocenters. The van der Waals surface area contributed by atoms with E-state index < -0.39 is 23.8 Å². The zero-order valence-corrected chi connectivity index (χ0v) is 17.4. The summed E-state index contributed by atoms with van der Waals surface area (Å²) in [6, 6.07) is 3.38. The van der Waals surface area contributed by atoms with Gasteiger partial charge in [0.1, 0.15) is 5.82 Å². The molecule has 1 atom stereocenters. The third-order valence-electron chi connectivity index (χ3n) is 5.97. The van der Waals surface area contributed by atoms with Crippen molar-refractivity contribution in [3.63, 3.8) is 0 Å². The second kappa shape index (κ2) is 7.44. The number of allylic oxidation sites excluding steroid dienone is 2. The van der Waals surface area contributed by atoms with Crippen LogP contribution in [0.1, 0.15) is 75.8 Å². The third kappa shape index (κ3) is 3.83. The fraction of sp³-hybridized carbons (Fsp3) is 0.619. The van der Waals surface area contributed by atoms with E-state index in [1.165, 1.54) is 18.9 Å². The molecule has 144 valence electrons. The lowest BCUT2D eigenvalue weighted by atomic mass is 9.77. The molecule has 0 nitrogen and oxygen atoms in total. The summed E-state index contributed by atoms with van der Waals surface area (Å²) < 4.78 is 57.2. The standard InChI is InChI=1S/C21H25F4I/c1-3-4-13-5-7-14(8-6-13)15-9-17(22)19(18(26)10-15)16-11-20(2,23)21(24,25)12-16/h9-11,13-14H,3-8,12H2,1-2H3. The van der Waals surface area contributed by atoms with E-state index in [4.69, 9.17) is 0 Å². The lowest BCUT2D eigenvalue weighted by molar-refractivity contribution is -0.0905. The number of alkyl halides is 3. The zero-order chi connectivity index (χ0) is 19.1. The molecule has 1 aromatic rings. The van der Waals surface area contributed by atoms with E-state index in [2.05, 4.69) is 6.92 Å². The highest BCUT2D eigenvalue weighted by molar-refractivity contribution is 14.1. The second-order valence-electron chi connectivity index (χ2n) is 7.99. The van der Waals surface area contributed by atoms with E-state index in [0.717, 1.165) is 50.2 Å². The monoisotopic (exact) mass is 480 g/mol. The Morgan fingerprint density at radius 3 is 2.27 bits per heavy atom. The van der Waals surface area contributed by atoms with Gasteiger partial charge in [0, 0.05) is 15.6 Å². The highest BCUT2D eigenvalue weighted by Crippen LogP contribution is 2.49. The minimum Gasteiger partial charge on any atom is -0.233 e. The number of hydrogen-bond acceptors (Lipinski definition) is 0. The van der Waals surface area contributed by atoms with Crippen molar-refractivity contribution in [2.24, 2.45) is 5.92 Å². The summed E-state index contributed by atoms with van der Waals surface area (Å²) in [6.45, 7) is 3.06. The molecule has 2 aliphatic carbocycles. The molecule has 1 aromatic carbocycles. The van der Waals surface area contributed by atoms with Crippen LogP contribution in [-0.2, 0) is 0 Å². The number of hydrogen-bond donors (Lipinski definition) is 0. The quantitative estimate of drug-likeness (QED) is 0.307. The number of halogens is 5. The van der Waals surface area contributed by atoms with Crippen LogP contribution >= 0.6 is 22.6 Å². The van der Waals surface area contributed by atoms with Crippen LogP contribution < -0.4 is 0 Å². The van der Waals surface area contributed by atoms with Crippen molar-refractivity contribution in [2.75, 3.05) is 0 Å². The molecule has 0 radical (unpaired) electrons. The summed E-state index contributed by atoms with van der Waals surface area (Å²) in [7, 11) is 0. The molecule has 1 fully saturated rings. The number of rotatable bonds is 4. The van der Waals surface area contributed by atoms with Crippen LogP contribution in [0, 0.1) is 15.3 Å². The van der Waals surface area contributed by atoms with E-state index in [-0.39, 0.29) is 11.1 Å². The van der Waals surface area contributed by atoms with Crippen LogP contribution in [0.15, 0.2) is 18.2 Å². The molecule has 2 aliphatic rings. The Morgan fingerprint density at radius 1 is 1.12 bits per heavy atom. The minimum absolute atomic E-state index is 0.0695. The molecule has 0 spiro atoms. The molecule has 0 saturated heterocycles. The zero-order valence-electron chi connectivity index (χ0n) is 15.2. The lowest BCUT2D eigenvalue weighted by Crippen LogP contribution is -2.35. The van der Waals surface area contributed by atoms with Gasteiger partial charge >= 0.3 is 0 Å². The predicted molar refractivity (Wildman–Crippen MR) is 106 cm³/mol. The topological polar surface area (TPSA) is 0 Å². The first-order chi connectivity index (χ1) is 12.1. The highest BCUT2D eigenvalue weighted by atomic mass is 127. The van der Waals surface area contributed by atoms with Gasteiger partial charge in [0.05, 0.1) is 0 Å². The predicted octanol–water partition coefficient (Wildman–Crippen LogP) is 7.65. The third-order valence-corrected chi connectivity index (χ3v) is 6.82. The molecule has 0 aromatic heterocycles. The van der Waals surface area contributed by atoms with E-state index in [1.54, 1.807) is 0 Å². The van der Waals surface area contributed by atoms with E-state index in [9.17, 15) is 17.6 Å². The van der Waals surface area contributed by atoms with Crippen LogP contribution in [0.3, 0.4) is 0 Å². The molecular weight excluding hydrogens is 455 g/mol. The van der Waals surface area contributed by atoms with Gasteiger partial charge in [-0.1, -0.05) is 19.8 Å². The highest BCUT2D eigenvalue weighted by Gasteiger charge is 2.55. The van der Waals surface area contributed by atoms with Crippen molar-refractivity contribution in [3.05, 3.63) is 38.7 Å². The fourth-order valence-electron chi connectivity index (χ4n) is 4.38. The largest absolute Gasteiger partial charge is 0.288 e. The van der Waals surface area contributed by atoms with Gasteiger partial charge in [-0.2, -0.15) is 0 Å². The molecule has 5 heteroatoms. The molecular formula is C21H25F4I. The van der Waals surface area contributed by atoms with Crippen molar-refractivity contribution in [1.82, 2.24) is 0 Å². The van der Waals surface area contributed by atoms with E-state index >= 15 is 0 Å². The minimum atomic E-state index is -3.49. The normalized spacial score (nSPS) is 31.1. The van der Waals surface area contributed by atoms with Crippen LogP contribution in [0.25, 0.3) is 5.57 Å². The van der Waals surface area contributed by atoms with Gasteiger partial charge in [0.15, 0.2) is 5.67 Å². The maximum absolute atomic E-state index is 14.8. The van der Waals surface area contributed by atoms with Crippen molar-refractivity contribution in [2.45, 2.75) is 76.3 Å². The van der Waals surface area contributed by atoms with Crippen LogP contribution in [0.4, 0.5) is 17.6 Å². The van der Waals surface area contributed by atoms with Crippen molar-refractivity contribution in [1.29, 1.82) is 0 Å². The first-order valence-electron chi connectivity index (χ1n) is 9.42. The Labute approximate surface area is 166 Å². The Bertz CT molecular complexity index is 677. The summed E-state index contributed by atoms with van der Waals surface area (Å²) >= 11 is 1.99. The fourth-order valence-corrected chi connectivity index (χ4v) is 5.35. The Hall–Kier alpha value is -0.590. The molecule has 1 saturated carbocycles. The first kappa shape index (κ1) is 20.2. The van der Waals surface area contributed by atoms with Crippen molar-refractivity contribution in [3.8, 4) is 0 Å². The molecule has 0 N–H and O–H groups in total. The molecule has 0 amide bonds. The van der Waals surface area contributed by atoms with Gasteiger partial charge in [-0.3, -0.25) is 0 Å². The van der Waals surface area contributed by atoms with Crippen molar-refractivity contribution < 1.29 is 17.6 Å². The summed E-state index contributed by atoms with van der Waals surface area (Å²) in [4.78, 5) is 0. The molecule has 26 heavy (non-hydrogen) atoms. The average Bonchev–Trinajstić information content (AvgIpc) is 2.75. The Morgan fingerprint density at radius 2 is 1.77 bits per heavy atom. The molecule has 0 aliphatic heterocycles. The smallest absolute Gasteiger partial charge is 0.233 e. The van der Waals surface area contributed by atoms with Gasteiger partial charge in [-0.25, -0.2) is 17.6 Å². The van der Waals surface area contributed by atoms with Gasteiger partial charge in [-0.15, -0.1) is 0 Å². The summed E-state index contributed by atoms with van der Waals surface area (Å²) in [5, 5.41) is 0. The summed E-state index contributed by atoms with van der Waals surface area (Å²) in [5.41, 5.74) is -1.58.